The van der Waals surface area contributed by atoms with Crippen molar-refractivity contribution >= 4 is 11.3 Å². The highest BCUT2D eigenvalue weighted by Crippen LogP contribution is 2.17. The van der Waals surface area contributed by atoms with Crippen LogP contribution in [0.2, 0.25) is 0 Å². The van der Waals surface area contributed by atoms with Crippen molar-refractivity contribution in [3.05, 3.63) is 33.0 Å². The monoisotopic (exact) mass is 236 g/mol. The third-order valence-corrected chi connectivity index (χ3v) is 3.61. The molecule has 2 N–H and O–H groups in total. The molecule has 2 aromatic heterocycles. The van der Waals surface area contributed by atoms with Gasteiger partial charge >= 0.3 is 0 Å². The highest BCUT2D eigenvalue weighted by molar-refractivity contribution is 7.11. The zero-order chi connectivity index (χ0) is 11.7. The van der Waals surface area contributed by atoms with Gasteiger partial charge in [-0.1, -0.05) is 0 Å². The number of nitrogens with zero attached hydrogens (tertiary/aromatic N) is 3. The van der Waals surface area contributed by atoms with Crippen LogP contribution < -0.4 is 5.73 Å². The molecule has 0 spiro atoms. The first-order valence-corrected chi connectivity index (χ1v) is 6.07. The van der Waals surface area contributed by atoms with Crippen molar-refractivity contribution in [3.8, 4) is 0 Å². The molecular formula is C11H16N4S. The van der Waals surface area contributed by atoms with E-state index in [2.05, 4.69) is 17.0 Å². The lowest BCUT2D eigenvalue weighted by molar-refractivity contribution is 0.664. The molecule has 16 heavy (non-hydrogen) atoms. The molecular weight excluding hydrogens is 220 g/mol. The highest BCUT2D eigenvalue weighted by Gasteiger charge is 2.10. The highest BCUT2D eigenvalue weighted by atomic mass is 32.1. The Bertz CT molecular complexity index is 498. The molecule has 0 aliphatic rings. The van der Waals surface area contributed by atoms with Crippen LogP contribution in [0.5, 0.6) is 0 Å². The molecule has 86 valence electrons. The van der Waals surface area contributed by atoms with Crippen LogP contribution in [0.4, 0.5) is 0 Å². The van der Waals surface area contributed by atoms with Crippen molar-refractivity contribution < 1.29 is 0 Å². The zero-order valence-corrected chi connectivity index (χ0v) is 10.6. The summed E-state index contributed by atoms with van der Waals surface area (Å²) in [7, 11) is 0. The molecule has 2 rings (SSSR count). The molecule has 0 bridgehead atoms. The molecule has 0 saturated heterocycles. The lowest BCUT2D eigenvalue weighted by Crippen LogP contribution is -2.04. The fraction of sp³-hybridized carbons (Fsp3) is 0.455. The molecule has 2 aromatic rings. The van der Waals surface area contributed by atoms with Gasteiger partial charge in [0.2, 0.25) is 0 Å². The largest absolute Gasteiger partial charge is 0.326 e. The number of hydrogen-bond donors (Lipinski definition) is 1. The van der Waals surface area contributed by atoms with Crippen LogP contribution in [-0.4, -0.2) is 14.8 Å². The van der Waals surface area contributed by atoms with E-state index in [1.807, 2.05) is 24.7 Å². The molecule has 0 aliphatic carbocycles. The standard InChI is InChI=1S/C11H16N4S/c1-7-11(4-12)8(2)15(14-7)6-10-5-13-9(3)16-10/h5H,4,6,12H2,1-3H3. The minimum Gasteiger partial charge on any atom is -0.326 e. The second-order valence-electron chi connectivity index (χ2n) is 3.86. The van der Waals surface area contributed by atoms with E-state index >= 15 is 0 Å². The topological polar surface area (TPSA) is 56.7 Å². The van der Waals surface area contributed by atoms with E-state index in [1.165, 1.54) is 4.88 Å². The van der Waals surface area contributed by atoms with Gasteiger partial charge in [-0.25, -0.2) is 4.98 Å². The van der Waals surface area contributed by atoms with Gasteiger partial charge in [0.25, 0.3) is 0 Å². The van der Waals surface area contributed by atoms with Crippen molar-refractivity contribution in [1.29, 1.82) is 0 Å². The van der Waals surface area contributed by atoms with Crippen LogP contribution in [0.15, 0.2) is 6.20 Å². The van der Waals surface area contributed by atoms with E-state index < -0.39 is 0 Å². The van der Waals surface area contributed by atoms with E-state index in [0.717, 1.165) is 28.5 Å². The Kier molecular flexibility index (Phi) is 3.07. The minimum atomic E-state index is 0.555. The van der Waals surface area contributed by atoms with Crippen LogP contribution in [0.25, 0.3) is 0 Å². The second-order valence-corrected chi connectivity index (χ2v) is 5.18. The Balaban J connectivity index is 2.28. The molecule has 0 amide bonds. The zero-order valence-electron chi connectivity index (χ0n) is 9.82. The maximum absolute atomic E-state index is 5.70. The first kappa shape index (κ1) is 11.3. The predicted molar refractivity (Wildman–Crippen MR) is 65.5 cm³/mol. The van der Waals surface area contributed by atoms with E-state index in [9.17, 15) is 0 Å². The van der Waals surface area contributed by atoms with Gasteiger partial charge in [0.15, 0.2) is 0 Å². The average Bonchev–Trinajstić information content (AvgIpc) is 2.74. The van der Waals surface area contributed by atoms with Crippen LogP contribution >= 0.6 is 11.3 Å². The Morgan fingerprint density at radius 2 is 2.12 bits per heavy atom. The average molecular weight is 236 g/mol. The van der Waals surface area contributed by atoms with Gasteiger partial charge in [-0.05, 0) is 20.8 Å². The molecule has 0 unspecified atom stereocenters. The summed E-state index contributed by atoms with van der Waals surface area (Å²) in [5.74, 6) is 0. The lowest BCUT2D eigenvalue weighted by atomic mass is 10.2. The summed E-state index contributed by atoms with van der Waals surface area (Å²) in [6, 6.07) is 0. The van der Waals surface area contributed by atoms with Crippen molar-refractivity contribution in [1.82, 2.24) is 14.8 Å². The van der Waals surface area contributed by atoms with Gasteiger partial charge in [0.05, 0.1) is 17.2 Å². The predicted octanol–water partition coefficient (Wildman–Crippen LogP) is 1.77. The van der Waals surface area contributed by atoms with Gasteiger partial charge in [-0.3, -0.25) is 4.68 Å². The molecule has 0 aliphatic heterocycles. The van der Waals surface area contributed by atoms with E-state index in [1.54, 1.807) is 11.3 Å². The Morgan fingerprint density at radius 3 is 2.62 bits per heavy atom. The maximum Gasteiger partial charge on any atom is 0.0897 e. The summed E-state index contributed by atoms with van der Waals surface area (Å²) >= 11 is 1.71. The number of nitrogens with two attached hydrogens (primary N) is 1. The van der Waals surface area contributed by atoms with Crippen LogP contribution in [0.3, 0.4) is 0 Å². The van der Waals surface area contributed by atoms with Crippen LogP contribution in [-0.2, 0) is 13.1 Å². The van der Waals surface area contributed by atoms with E-state index in [0.29, 0.717) is 6.54 Å². The maximum atomic E-state index is 5.70. The summed E-state index contributed by atoms with van der Waals surface area (Å²) in [5, 5.41) is 5.59. The van der Waals surface area contributed by atoms with Crippen molar-refractivity contribution in [2.75, 3.05) is 0 Å². The van der Waals surface area contributed by atoms with Gasteiger partial charge in [0, 0.05) is 28.9 Å². The van der Waals surface area contributed by atoms with Crippen molar-refractivity contribution in [2.24, 2.45) is 5.73 Å². The Morgan fingerprint density at radius 1 is 1.38 bits per heavy atom. The molecule has 0 aromatic carbocycles. The van der Waals surface area contributed by atoms with Crippen molar-refractivity contribution in [3.63, 3.8) is 0 Å². The van der Waals surface area contributed by atoms with Crippen molar-refractivity contribution in [2.45, 2.75) is 33.9 Å². The smallest absolute Gasteiger partial charge is 0.0897 e. The number of rotatable bonds is 3. The third-order valence-electron chi connectivity index (χ3n) is 2.71. The lowest BCUT2D eigenvalue weighted by Gasteiger charge is -2.02. The first-order chi connectivity index (χ1) is 7.61. The number of thiazole rings is 1. The van der Waals surface area contributed by atoms with Crippen LogP contribution in [0, 0.1) is 20.8 Å². The molecule has 0 saturated carbocycles. The molecule has 0 atom stereocenters. The number of aromatic nitrogens is 3. The summed E-state index contributed by atoms with van der Waals surface area (Å²) < 4.78 is 2.00. The summed E-state index contributed by atoms with van der Waals surface area (Å²) in [6.07, 6.45) is 1.92. The summed E-state index contributed by atoms with van der Waals surface area (Å²) in [6.45, 7) is 7.43. The summed E-state index contributed by atoms with van der Waals surface area (Å²) in [5.41, 5.74) is 9.04. The number of aryl methyl sites for hydroxylation is 2. The fourth-order valence-corrected chi connectivity index (χ4v) is 2.59. The van der Waals surface area contributed by atoms with Gasteiger partial charge in [-0.15, -0.1) is 11.3 Å². The second kappa shape index (κ2) is 4.35. The minimum absolute atomic E-state index is 0.555. The van der Waals surface area contributed by atoms with Crippen LogP contribution in [0.1, 0.15) is 26.8 Å². The Hall–Kier alpha value is -1.20. The molecule has 5 heteroatoms. The first-order valence-electron chi connectivity index (χ1n) is 5.26. The quantitative estimate of drug-likeness (QED) is 0.883. The third kappa shape index (κ3) is 2.01. The molecule has 2 heterocycles. The van der Waals surface area contributed by atoms with E-state index in [-0.39, 0.29) is 0 Å². The fourth-order valence-electron chi connectivity index (χ4n) is 1.81. The number of hydrogen-bond acceptors (Lipinski definition) is 4. The normalized spacial score (nSPS) is 11.0. The van der Waals surface area contributed by atoms with Gasteiger partial charge < -0.3 is 5.73 Å². The Labute approximate surface area is 99.1 Å². The molecule has 4 nitrogen and oxygen atoms in total. The van der Waals surface area contributed by atoms with E-state index in [4.69, 9.17) is 5.73 Å². The molecule has 0 radical (unpaired) electrons. The van der Waals surface area contributed by atoms with Gasteiger partial charge in [-0.2, -0.15) is 5.10 Å². The molecule has 0 fully saturated rings. The SMILES string of the molecule is Cc1ncc(Cn2nc(C)c(CN)c2C)s1. The van der Waals surface area contributed by atoms with Gasteiger partial charge in [0.1, 0.15) is 0 Å². The summed E-state index contributed by atoms with van der Waals surface area (Å²) in [4.78, 5) is 5.47.